The van der Waals surface area contributed by atoms with E-state index in [0.29, 0.717) is 6.61 Å². The standard InChI is InChI=1S/C18H15NOS2.C3H8O.CH2O/c1-2-14-17(13-8-9-21-11-13)19-18(20-14)16-10-12-6-4-3-5-7-15(12)22-16;1-2-3-4;1-2/h3-5,7-11H,2,6H2,1H3;4H,2-3H2,1H3;1H2. The van der Waals surface area contributed by atoms with Gasteiger partial charge in [0.2, 0.25) is 5.89 Å². The summed E-state index contributed by atoms with van der Waals surface area (Å²) in [6.07, 6.45) is 11.2. The number of allylic oxidation sites excluding steroid dienone is 3. The van der Waals surface area contributed by atoms with E-state index in [-0.39, 0.29) is 0 Å². The van der Waals surface area contributed by atoms with Crippen molar-refractivity contribution in [3.05, 3.63) is 57.3 Å². The van der Waals surface area contributed by atoms with Crippen LogP contribution in [0.1, 0.15) is 36.5 Å². The molecule has 0 bridgehead atoms. The smallest absolute Gasteiger partial charge is 0.237 e. The summed E-state index contributed by atoms with van der Waals surface area (Å²) in [5, 5.41) is 12.1. The van der Waals surface area contributed by atoms with Crippen molar-refractivity contribution in [2.24, 2.45) is 0 Å². The average Bonchev–Trinajstić information content (AvgIpc) is 3.46. The zero-order chi connectivity index (χ0) is 20.4. The highest BCUT2D eigenvalue weighted by atomic mass is 32.1. The van der Waals surface area contributed by atoms with E-state index in [0.717, 1.165) is 47.0 Å². The van der Waals surface area contributed by atoms with Crippen LogP contribution in [-0.4, -0.2) is 23.5 Å². The molecular formula is C22H25NO3S2. The molecule has 0 atom stereocenters. The number of oxazole rings is 1. The van der Waals surface area contributed by atoms with Crippen molar-refractivity contribution < 1.29 is 14.3 Å². The third-order valence-electron chi connectivity index (χ3n) is 3.92. The third kappa shape index (κ3) is 5.38. The van der Waals surface area contributed by atoms with E-state index in [2.05, 4.69) is 54.1 Å². The number of aliphatic hydroxyl groups is 1. The first-order valence-electron chi connectivity index (χ1n) is 9.15. The number of nitrogens with zero attached hydrogens (tertiary/aromatic N) is 1. The lowest BCUT2D eigenvalue weighted by Crippen LogP contribution is -1.81. The second kappa shape index (κ2) is 11.5. The van der Waals surface area contributed by atoms with Gasteiger partial charge >= 0.3 is 0 Å². The third-order valence-corrected chi connectivity index (χ3v) is 5.74. The Morgan fingerprint density at radius 3 is 2.71 bits per heavy atom. The molecule has 4 nitrogen and oxygen atoms in total. The highest BCUT2D eigenvalue weighted by Crippen LogP contribution is 2.36. The Morgan fingerprint density at radius 1 is 1.29 bits per heavy atom. The Morgan fingerprint density at radius 2 is 2.07 bits per heavy atom. The fourth-order valence-electron chi connectivity index (χ4n) is 2.59. The maximum atomic E-state index is 8.00. The van der Waals surface area contributed by atoms with Gasteiger partial charge in [-0.1, -0.05) is 32.1 Å². The van der Waals surface area contributed by atoms with Gasteiger partial charge in [0.15, 0.2) is 0 Å². The van der Waals surface area contributed by atoms with Crippen LogP contribution in [-0.2, 0) is 17.6 Å². The van der Waals surface area contributed by atoms with Crippen molar-refractivity contribution in [3.8, 4) is 22.0 Å². The van der Waals surface area contributed by atoms with Gasteiger partial charge in [-0.15, -0.1) is 11.3 Å². The molecule has 3 aromatic heterocycles. The fourth-order valence-corrected chi connectivity index (χ4v) is 4.26. The molecule has 0 amide bonds. The molecule has 6 heteroatoms. The number of carbonyl (C=O) groups is 1. The van der Waals surface area contributed by atoms with E-state index in [1.54, 1.807) is 22.7 Å². The summed E-state index contributed by atoms with van der Waals surface area (Å²) in [5.41, 5.74) is 3.48. The Hall–Kier alpha value is -2.28. The van der Waals surface area contributed by atoms with Crippen molar-refractivity contribution in [3.63, 3.8) is 0 Å². The lowest BCUT2D eigenvalue weighted by atomic mass is 10.2. The van der Waals surface area contributed by atoms with Gasteiger partial charge in [-0.25, -0.2) is 4.98 Å². The van der Waals surface area contributed by atoms with E-state index < -0.39 is 0 Å². The van der Waals surface area contributed by atoms with Crippen LogP contribution >= 0.6 is 22.7 Å². The molecule has 0 radical (unpaired) electrons. The summed E-state index contributed by atoms with van der Waals surface area (Å²) in [6, 6.07) is 4.31. The Balaban J connectivity index is 0.000000419. The number of aryl methyl sites for hydroxylation is 1. The minimum absolute atomic E-state index is 0.319. The predicted octanol–water partition coefficient (Wildman–Crippen LogP) is 6.02. The van der Waals surface area contributed by atoms with Gasteiger partial charge in [-0.05, 0) is 42.0 Å². The second-order valence-corrected chi connectivity index (χ2v) is 7.74. The summed E-state index contributed by atoms with van der Waals surface area (Å²) >= 11 is 3.44. The molecule has 0 aromatic carbocycles. The van der Waals surface area contributed by atoms with Gasteiger partial charge in [0, 0.05) is 28.8 Å². The number of fused-ring (bicyclic) bond motifs is 1. The molecule has 3 heterocycles. The lowest BCUT2D eigenvalue weighted by molar-refractivity contribution is -0.0979. The quantitative estimate of drug-likeness (QED) is 0.566. The summed E-state index contributed by atoms with van der Waals surface area (Å²) < 4.78 is 6.04. The van der Waals surface area contributed by atoms with Gasteiger partial charge in [0.05, 0.1) is 4.88 Å². The maximum absolute atomic E-state index is 8.00. The second-order valence-electron chi connectivity index (χ2n) is 5.87. The number of thiophene rings is 2. The number of carbonyl (C=O) groups excluding carboxylic acids is 1. The minimum atomic E-state index is 0.319. The highest BCUT2D eigenvalue weighted by Gasteiger charge is 2.18. The topological polar surface area (TPSA) is 63.3 Å². The van der Waals surface area contributed by atoms with Crippen molar-refractivity contribution in [1.82, 2.24) is 4.98 Å². The minimum Gasteiger partial charge on any atom is -0.440 e. The number of hydrogen-bond acceptors (Lipinski definition) is 6. The first kappa shape index (κ1) is 22.0. The van der Waals surface area contributed by atoms with Gasteiger partial charge in [0.25, 0.3) is 0 Å². The summed E-state index contributed by atoms with van der Waals surface area (Å²) in [4.78, 5) is 15.2. The average molecular weight is 416 g/mol. The SMILES string of the molecule is C=O.CCCO.CCc1oc(-c2cc3c(s2)C=CC=CC3)nc1-c1ccsc1. The monoisotopic (exact) mass is 415 g/mol. The summed E-state index contributed by atoms with van der Waals surface area (Å²) in [6.45, 7) is 6.36. The summed E-state index contributed by atoms with van der Waals surface area (Å²) in [5.74, 6) is 1.71. The lowest BCUT2D eigenvalue weighted by Gasteiger charge is -1.92. The molecule has 4 rings (SSSR count). The van der Waals surface area contributed by atoms with Gasteiger partial charge in [-0.2, -0.15) is 11.3 Å². The number of aliphatic hydroxyl groups excluding tert-OH is 1. The first-order valence-corrected chi connectivity index (χ1v) is 10.9. The van der Waals surface area contributed by atoms with Crippen LogP contribution in [0.2, 0.25) is 0 Å². The highest BCUT2D eigenvalue weighted by molar-refractivity contribution is 7.16. The molecule has 1 aliphatic rings. The van der Waals surface area contributed by atoms with Gasteiger partial charge in [-0.3, -0.25) is 0 Å². The van der Waals surface area contributed by atoms with Gasteiger partial charge in [0.1, 0.15) is 18.2 Å². The molecule has 0 saturated carbocycles. The van der Waals surface area contributed by atoms with Crippen LogP contribution in [0.5, 0.6) is 0 Å². The largest absolute Gasteiger partial charge is 0.440 e. The normalized spacial score (nSPS) is 11.7. The van der Waals surface area contributed by atoms with E-state index in [1.807, 2.05) is 13.7 Å². The molecule has 3 aromatic rings. The van der Waals surface area contributed by atoms with Crippen LogP contribution in [0.3, 0.4) is 0 Å². The van der Waals surface area contributed by atoms with Crippen molar-refractivity contribution in [1.29, 1.82) is 0 Å². The zero-order valence-corrected chi connectivity index (χ0v) is 17.8. The molecule has 0 spiro atoms. The maximum Gasteiger partial charge on any atom is 0.237 e. The summed E-state index contributed by atoms with van der Waals surface area (Å²) in [7, 11) is 0. The van der Waals surface area contributed by atoms with E-state index in [4.69, 9.17) is 19.3 Å². The molecule has 1 N–H and O–H groups in total. The Kier molecular flexibility index (Phi) is 9.07. The molecular weight excluding hydrogens is 390 g/mol. The van der Waals surface area contributed by atoms with Crippen LogP contribution in [0.25, 0.3) is 28.1 Å². The Bertz CT molecular complexity index is 903. The molecule has 0 fully saturated rings. The van der Waals surface area contributed by atoms with E-state index in [1.165, 1.54) is 10.4 Å². The van der Waals surface area contributed by atoms with Gasteiger partial charge < -0.3 is 14.3 Å². The number of hydrogen-bond donors (Lipinski definition) is 1. The zero-order valence-electron chi connectivity index (χ0n) is 16.2. The molecule has 0 aliphatic heterocycles. The molecule has 28 heavy (non-hydrogen) atoms. The van der Waals surface area contributed by atoms with E-state index in [9.17, 15) is 0 Å². The van der Waals surface area contributed by atoms with Crippen LogP contribution in [0, 0.1) is 0 Å². The van der Waals surface area contributed by atoms with Crippen LogP contribution in [0.15, 0.2) is 45.5 Å². The van der Waals surface area contributed by atoms with E-state index >= 15 is 0 Å². The van der Waals surface area contributed by atoms with Crippen LogP contribution < -0.4 is 0 Å². The molecule has 0 unspecified atom stereocenters. The molecule has 0 saturated heterocycles. The number of rotatable bonds is 4. The van der Waals surface area contributed by atoms with Crippen molar-refractivity contribution in [2.45, 2.75) is 33.1 Å². The predicted molar refractivity (Wildman–Crippen MR) is 119 cm³/mol. The molecule has 148 valence electrons. The Labute approximate surface area is 173 Å². The number of aromatic nitrogens is 1. The van der Waals surface area contributed by atoms with Crippen LogP contribution in [0.4, 0.5) is 0 Å². The molecule has 1 aliphatic carbocycles. The first-order chi connectivity index (χ1) is 13.8. The van der Waals surface area contributed by atoms with Crippen molar-refractivity contribution in [2.75, 3.05) is 6.61 Å². The fraction of sp³-hybridized carbons (Fsp3) is 0.273. The van der Waals surface area contributed by atoms with Crippen molar-refractivity contribution >= 4 is 35.5 Å².